The Kier molecular flexibility index (Phi) is 5.79. The summed E-state index contributed by atoms with van der Waals surface area (Å²) in [5.74, 6) is -0.489. The van der Waals surface area contributed by atoms with Crippen molar-refractivity contribution < 1.29 is 14.6 Å². The van der Waals surface area contributed by atoms with E-state index >= 15 is 0 Å². The molecule has 7 heteroatoms. The summed E-state index contributed by atoms with van der Waals surface area (Å²) in [6.07, 6.45) is 1.34. The molecule has 2 aromatic heterocycles. The zero-order valence-corrected chi connectivity index (χ0v) is 17.2. The van der Waals surface area contributed by atoms with Crippen molar-refractivity contribution in [3.05, 3.63) is 57.5 Å². The van der Waals surface area contributed by atoms with E-state index in [0.29, 0.717) is 22.0 Å². The number of aryl methyl sites for hydroxylation is 1. The maximum Gasteiger partial charge on any atom is 0.355 e. The van der Waals surface area contributed by atoms with Gasteiger partial charge in [-0.15, -0.1) is 11.8 Å². The van der Waals surface area contributed by atoms with Gasteiger partial charge >= 0.3 is 5.97 Å². The van der Waals surface area contributed by atoms with E-state index in [0.717, 1.165) is 27.1 Å². The number of fused-ring (bicyclic) bond motifs is 1. The fraction of sp³-hybridized carbons (Fsp3) is 0.300. The molecule has 0 unspecified atom stereocenters. The lowest BCUT2D eigenvalue weighted by molar-refractivity contribution is 0.0465. The molecular weight excluding hydrogens is 384 g/mol. The first-order valence-corrected chi connectivity index (χ1v) is 10.1. The first-order valence-electron chi connectivity index (χ1n) is 8.49. The first kappa shape index (κ1) is 19.7. The standard InChI is InChI=1S/C20H21ClN2O3S/c1-10-17(12(3)24)11(2)22-18(10)20(25)26-9-14-7-13-5-6-15(27-4)8-16(13)23-19(14)21/h5-8,12,22,24H,9H2,1-4H3/t12-/m1/s1. The van der Waals surface area contributed by atoms with Crippen molar-refractivity contribution in [3.63, 3.8) is 0 Å². The number of halogens is 1. The topological polar surface area (TPSA) is 75.2 Å². The molecule has 0 bridgehead atoms. The van der Waals surface area contributed by atoms with E-state index < -0.39 is 12.1 Å². The lowest BCUT2D eigenvalue weighted by Gasteiger charge is -2.09. The molecular formula is C20H21ClN2O3S. The zero-order chi connectivity index (χ0) is 19.7. The number of nitrogens with one attached hydrogen (secondary N) is 1. The molecule has 5 nitrogen and oxygen atoms in total. The fourth-order valence-corrected chi connectivity index (χ4v) is 3.84. The number of benzene rings is 1. The number of ether oxygens (including phenoxy) is 1. The Labute approximate surface area is 167 Å². The van der Waals surface area contributed by atoms with E-state index in [-0.39, 0.29) is 6.61 Å². The molecule has 27 heavy (non-hydrogen) atoms. The predicted octanol–water partition coefficient (Wildman–Crippen LogP) is 4.97. The Morgan fingerprint density at radius 3 is 2.74 bits per heavy atom. The Morgan fingerprint density at radius 2 is 2.11 bits per heavy atom. The van der Waals surface area contributed by atoms with Crippen LogP contribution in [0.4, 0.5) is 0 Å². The quantitative estimate of drug-likeness (QED) is 0.357. The molecule has 0 aliphatic carbocycles. The normalized spacial score (nSPS) is 12.4. The summed E-state index contributed by atoms with van der Waals surface area (Å²) in [5.41, 5.74) is 3.96. The molecule has 0 aliphatic heterocycles. The van der Waals surface area contributed by atoms with E-state index in [1.54, 1.807) is 25.6 Å². The molecule has 1 atom stereocenters. The average Bonchev–Trinajstić information content (AvgIpc) is 2.93. The van der Waals surface area contributed by atoms with Crippen LogP contribution in [0.25, 0.3) is 10.9 Å². The summed E-state index contributed by atoms with van der Waals surface area (Å²) in [4.78, 5) is 21.0. The Hall–Kier alpha value is -2.02. The van der Waals surface area contributed by atoms with E-state index in [9.17, 15) is 9.90 Å². The third kappa shape index (κ3) is 3.98. The lowest BCUT2D eigenvalue weighted by atomic mass is 10.1. The SMILES string of the molecule is CSc1ccc2cc(COC(=O)c3[nH]c(C)c([C@@H](C)O)c3C)c(Cl)nc2c1. The van der Waals surface area contributed by atoms with Crippen LogP contribution in [0.2, 0.25) is 5.15 Å². The van der Waals surface area contributed by atoms with Crippen LogP contribution in [0.3, 0.4) is 0 Å². The Balaban J connectivity index is 1.81. The van der Waals surface area contributed by atoms with Gasteiger partial charge in [-0.2, -0.15) is 0 Å². The van der Waals surface area contributed by atoms with Gasteiger partial charge in [0.05, 0.1) is 11.6 Å². The number of H-pyrrole nitrogens is 1. The number of rotatable bonds is 5. The molecule has 1 aromatic carbocycles. The van der Waals surface area contributed by atoms with Gasteiger partial charge in [-0.3, -0.25) is 0 Å². The second-order valence-electron chi connectivity index (χ2n) is 6.41. The van der Waals surface area contributed by atoms with Crippen LogP contribution >= 0.6 is 23.4 Å². The Bertz CT molecular complexity index is 1010. The fourth-order valence-electron chi connectivity index (χ4n) is 3.21. The largest absolute Gasteiger partial charge is 0.456 e. The highest BCUT2D eigenvalue weighted by molar-refractivity contribution is 7.98. The molecule has 0 saturated carbocycles. The van der Waals surface area contributed by atoms with Crippen LogP contribution < -0.4 is 0 Å². The third-order valence-corrected chi connectivity index (χ3v) is 5.58. The summed E-state index contributed by atoms with van der Waals surface area (Å²) >= 11 is 7.92. The zero-order valence-electron chi connectivity index (χ0n) is 15.6. The summed E-state index contributed by atoms with van der Waals surface area (Å²) in [7, 11) is 0. The second kappa shape index (κ2) is 7.92. The van der Waals surface area contributed by atoms with Gasteiger partial charge in [-0.25, -0.2) is 9.78 Å². The predicted molar refractivity (Wildman–Crippen MR) is 109 cm³/mol. The van der Waals surface area contributed by atoms with Gasteiger partial charge in [-0.05, 0) is 50.8 Å². The molecule has 0 radical (unpaired) electrons. The minimum absolute atomic E-state index is 0.0202. The van der Waals surface area contributed by atoms with Gasteiger partial charge in [-0.1, -0.05) is 17.7 Å². The number of aliphatic hydroxyl groups excluding tert-OH is 1. The number of esters is 1. The molecule has 0 fully saturated rings. The van der Waals surface area contributed by atoms with Crippen molar-refractivity contribution in [1.29, 1.82) is 0 Å². The third-order valence-electron chi connectivity index (χ3n) is 4.53. The van der Waals surface area contributed by atoms with Gasteiger partial charge in [0.2, 0.25) is 0 Å². The number of thioether (sulfide) groups is 1. The molecule has 0 aliphatic rings. The number of aliphatic hydroxyl groups is 1. The monoisotopic (exact) mass is 404 g/mol. The molecule has 2 heterocycles. The van der Waals surface area contributed by atoms with Gasteiger partial charge in [0.15, 0.2) is 0 Å². The molecule has 0 spiro atoms. The minimum atomic E-state index is -0.659. The van der Waals surface area contributed by atoms with Gasteiger partial charge in [0, 0.05) is 27.1 Å². The second-order valence-corrected chi connectivity index (χ2v) is 7.65. The van der Waals surface area contributed by atoms with Crippen LogP contribution in [0.1, 0.15) is 45.9 Å². The van der Waals surface area contributed by atoms with Crippen molar-refractivity contribution in [2.24, 2.45) is 0 Å². The van der Waals surface area contributed by atoms with Crippen LogP contribution in [-0.4, -0.2) is 27.3 Å². The number of aromatic amines is 1. The Morgan fingerprint density at radius 1 is 1.37 bits per heavy atom. The maximum atomic E-state index is 12.5. The van der Waals surface area contributed by atoms with Gasteiger partial charge in [0.1, 0.15) is 17.5 Å². The highest BCUT2D eigenvalue weighted by atomic mass is 35.5. The maximum absolute atomic E-state index is 12.5. The molecule has 2 N–H and O–H groups in total. The minimum Gasteiger partial charge on any atom is -0.456 e. The smallest absolute Gasteiger partial charge is 0.355 e. The highest BCUT2D eigenvalue weighted by Gasteiger charge is 2.21. The molecule has 3 rings (SSSR count). The van der Waals surface area contributed by atoms with E-state index in [4.69, 9.17) is 16.3 Å². The number of carbonyl (C=O) groups excluding carboxylic acids is 1. The van der Waals surface area contributed by atoms with Crippen molar-refractivity contribution in [1.82, 2.24) is 9.97 Å². The van der Waals surface area contributed by atoms with Gasteiger partial charge in [0.25, 0.3) is 0 Å². The first-order chi connectivity index (χ1) is 12.8. The van der Waals surface area contributed by atoms with Crippen LogP contribution in [0.5, 0.6) is 0 Å². The molecule has 0 amide bonds. The number of hydrogen-bond acceptors (Lipinski definition) is 5. The summed E-state index contributed by atoms with van der Waals surface area (Å²) in [5, 5.41) is 11.1. The lowest BCUT2D eigenvalue weighted by Crippen LogP contribution is -2.08. The summed E-state index contributed by atoms with van der Waals surface area (Å²) < 4.78 is 5.44. The van der Waals surface area contributed by atoms with Crippen LogP contribution in [0.15, 0.2) is 29.2 Å². The summed E-state index contributed by atoms with van der Waals surface area (Å²) in [6, 6.07) is 7.85. The van der Waals surface area contributed by atoms with Crippen molar-refractivity contribution in [2.45, 2.75) is 38.4 Å². The van der Waals surface area contributed by atoms with Crippen molar-refractivity contribution in [2.75, 3.05) is 6.26 Å². The molecule has 3 aromatic rings. The van der Waals surface area contributed by atoms with Crippen molar-refractivity contribution >= 4 is 40.2 Å². The number of pyridine rings is 1. The highest BCUT2D eigenvalue weighted by Crippen LogP contribution is 2.27. The number of nitrogens with zero attached hydrogens (tertiary/aromatic N) is 1. The molecule has 142 valence electrons. The van der Waals surface area contributed by atoms with Crippen molar-refractivity contribution in [3.8, 4) is 0 Å². The van der Waals surface area contributed by atoms with Crippen LogP contribution in [-0.2, 0) is 11.3 Å². The average molecular weight is 405 g/mol. The molecule has 0 saturated heterocycles. The number of hydrogen-bond donors (Lipinski definition) is 2. The number of aromatic nitrogens is 2. The van der Waals surface area contributed by atoms with E-state index in [2.05, 4.69) is 9.97 Å². The summed E-state index contributed by atoms with van der Waals surface area (Å²) in [6.45, 7) is 5.29. The van der Waals surface area contributed by atoms with E-state index in [1.165, 1.54) is 0 Å². The van der Waals surface area contributed by atoms with E-state index in [1.807, 2.05) is 37.4 Å². The number of carbonyl (C=O) groups is 1. The van der Waals surface area contributed by atoms with Crippen LogP contribution in [0, 0.1) is 13.8 Å². The van der Waals surface area contributed by atoms with Gasteiger partial charge < -0.3 is 14.8 Å².